The van der Waals surface area contributed by atoms with Crippen LogP contribution < -0.4 is 10.2 Å². The zero-order valence-electron chi connectivity index (χ0n) is 22.7. The molecule has 40 heavy (non-hydrogen) atoms. The number of likely N-dealkylation sites (tertiary alicyclic amines) is 1. The molecule has 9 nitrogen and oxygen atoms in total. The normalized spacial score (nSPS) is 16.9. The van der Waals surface area contributed by atoms with Crippen molar-refractivity contribution in [1.29, 1.82) is 0 Å². The molecule has 5 heterocycles. The number of carbonyl (C=O) groups excluding carboxylic acids is 1. The minimum atomic E-state index is 0.0136. The van der Waals surface area contributed by atoms with E-state index in [1.165, 1.54) is 0 Å². The molecule has 2 saturated heterocycles. The molecule has 0 aliphatic carbocycles. The zero-order valence-corrected chi connectivity index (χ0v) is 23.5. The van der Waals surface area contributed by atoms with Crippen molar-refractivity contribution in [3.63, 3.8) is 0 Å². The van der Waals surface area contributed by atoms with Crippen molar-refractivity contribution in [3.05, 3.63) is 54.9 Å². The maximum atomic E-state index is 13.1. The van der Waals surface area contributed by atoms with Gasteiger partial charge in [-0.15, -0.1) is 11.3 Å². The fourth-order valence-electron chi connectivity index (χ4n) is 5.30. The number of thiophene rings is 1. The number of fused-ring (bicyclic) bond motifs is 1. The van der Waals surface area contributed by atoms with Crippen LogP contribution in [-0.4, -0.2) is 85.4 Å². The fraction of sp³-hybridized carbons (Fsp3) is 0.400. The van der Waals surface area contributed by atoms with Crippen LogP contribution >= 0.6 is 11.3 Å². The van der Waals surface area contributed by atoms with Crippen LogP contribution in [0.4, 0.5) is 11.5 Å². The van der Waals surface area contributed by atoms with E-state index in [4.69, 9.17) is 19.4 Å². The summed E-state index contributed by atoms with van der Waals surface area (Å²) in [5, 5.41) is 3.15. The highest BCUT2D eigenvalue weighted by molar-refractivity contribution is 7.22. The number of hydrogen-bond acceptors (Lipinski definition) is 9. The van der Waals surface area contributed by atoms with Crippen molar-refractivity contribution in [1.82, 2.24) is 19.9 Å². The average Bonchev–Trinajstić information content (AvgIpc) is 3.45. The van der Waals surface area contributed by atoms with E-state index in [-0.39, 0.29) is 11.8 Å². The van der Waals surface area contributed by atoms with Gasteiger partial charge in [-0.3, -0.25) is 9.78 Å². The van der Waals surface area contributed by atoms with Crippen molar-refractivity contribution in [2.75, 3.05) is 69.9 Å². The molecule has 6 rings (SSSR count). The number of rotatable bonds is 8. The van der Waals surface area contributed by atoms with E-state index in [9.17, 15) is 4.79 Å². The molecule has 3 aromatic heterocycles. The van der Waals surface area contributed by atoms with Crippen molar-refractivity contribution >= 4 is 39.0 Å². The summed E-state index contributed by atoms with van der Waals surface area (Å²) in [7, 11) is 1.72. The van der Waals surface area contributed by atoms with Crippen molar-refractivity contribution in [2.24, 2.45) is 5.92 Å². The first-order valence-corrected chi connectivity index (χ1v) is 14.7. The van der Waals surface area contributed by atoms with Crippen molar-refractivity contribution in [3.8, 4) is 21.8 Å². The second-order valence-corrected chi connectivity index (χ2v) is 11.3. The number of amides is 1. The number of morpholine rings is 1. The van der Waals surface area contributed by atoms with Crippen molar-refractivity contribution < 1.29 is 14.3 Å². The molecular formula is C30H34N6O3S. The fourth-order valence-corrected chi connectivity index (χ4v) is 6.41. The molecule has 208 valence electrons. The first-order valence-electron chi connectivity index (χ1n) is 13.9. The molecule has 4 aromatic rings. The quantitative estimate of drug-likeness (QED) is 0.337. The van der Waals surface area contributed by atoms with E-state index in [0.717, 1.165) is 89.9 Å². The van der Waals surface area contributed by atoms with Gasteiger partial charge in [-0.1, -0.05) is 18.2 Å². The van der Waals surface area contributed by atoms with Crippen LogP contribution in [-0.2, 0) is 14.3 Å². The predicted molar refractivity (Wildman–Crippen MR) is 159 cm³/mol. The van der Waals surface area contributed by atoms with E-state index < -0.39 is 0 Å². The van der Waals surface area contributed by atoms with Crippen LogP contribution in [0.5, 0.6) is 0 Å². The number of methoxy groups -OCH3 is 1. The summed E-state index contributed by atoms with van der Waals surface area (Å²) in [5.74, 6) is 1.66. The Labute approximate surface area is 238 Å². The number of piperidine rings is 1. The maximum Gasteiger partial charge on any atom is 0.227 e. The standard InChI is InChI=1S/C30H34N6O3S/c1-38-15-12-35-10-7-21(8-11-35)30(37)32-24-6-2-4-22(18-24)28-33-25-19-26(23-5-3-9-31-20-23)40-27(25)29(34-28)36-13-16-39-17-14-36/h2-6,9,18-21H,7-8,10-17H2,1H3,(H,32,37). The molecule has 0 spiro atoms. The summed E-state index contributed by atoms with van der Waals surface area (Å²) >= 11 is 1.69. The minimum absolute atomic E-state index is 0.0136. The van der Waals surface area contributed by atoms with Gasteiger partial charge in [-0.25, -0.2) is 9.97 Å². The number of hydrogen-bond donors (Lipinski definition) is 1. The summed E-state index contributed by atoms with van der Waals surface area (Å²) in [6, 6.07) is 14.0. The summed E-state index contributed by atoms with van der Waals surface area (Å²) < 4.78 is 11.9. The third-order valence-corrected chi connectivity index (χ3v) is 8.74. The molecular weight excluding hydrogens is 524 g/mol. The van der Waals surface area contributed by atoms with Crippen LogP contribution in [0.1, 0.15) is 12.8 Å². The lowest BCUT2D eigenvalue weighted by atomic mass is 9.96. The second-order valence-electron chi connectivity index (χ2n) is 10.2. The van der Waals surface area contributed by atoms with E-state index >= 15 is 0 Å². The topological polar surface area (TPSA) is 92.7 Å². The van der Waals surface area contributed by atoms with Gasteiger partial charge in [0.05, 0.1) is 30.0 Å². The van der Waals surface area contributed by atoms with Gasteiger partial charge in [-0.05, 0) is 50.2 Å². The molecule has 0 saturated carbocycles. The Morgan fingerprint density at radius 3 is 2.67 bits per heavy atom. The highest BCUT2D eigenvalue weighted by Gasteiger charge is 2.25. The van der Waals surface area contributed by atoms with Gasteiger partial charge in [0.15, 0.2) is 11.6 Å². The number of nitrogens with one attached hydrogen (secondary N) is 1. The molecule has 2 aliphatic heterocycles. The third-order valence-electron chi connectivity index (χ3n) is 7.57. The van der Waals surface area contributed by atoms with Crippen molar-refractivity contribution in [2.45, 2.75) is 12.8 Å². The van der Waals surface area contributed by atoms with Gasteiger partial charge < -0.3 is 24.6 Å². The highest BCUT2D eigenvalue weighted by atomic mass is 32.1. The lowest BCUT2D eigenvalue weighted by Crippen LogP contribution is -2.39. The summed E-state index contributed by atoms with van der Waals surface area (Å²) in [5.41, 5.74) is 3.61. The van der Waals surface area contributed by atoms with Crippen LogP contribution in [0, 0.1) is 5.92 Å². The van der Waals surface area contributed by atoms with Crippen LogP contribution in [0.15, 0.2) is 54.9 Å². The van der Waals surface area contributed by atoms with Gasteiger partial charge in [-0.2, -0.15) is 0 Å². The van der Waals surface area contributed by atoms with Crippen LogP contribution in [0.2, 0.25) is 0 Å². The molecule has 1 amide bonds. The maximum absolute atomic E-state index is 13.1. The number of pyridine rings is 1. The van der Waals surface area contributed by atoms with Crippen LogP contribution in [0.3, 0.4) is 0 Å². The molecule has 0 unspecified atom stereocenters. The molecule has 2 aliphatic rings. The lowest BCUT2D eigenvalue weighted by Gasteiger charge is -2.31. The summed E-state index contributed by atoms with van der Waals surface area (Å²) in [6.07, 6.45) is 5.37. The number of benzene rings is 1. The van der Waals surface area contributed by atoms with Crippen LogP contribution in [0.25, 0.3) is 32.0 Å². The summed E-state index contributed by atoms with van der Waals surface area (Å²) in [6.45, 7) is 6.39. The van der Waals surface area contributed by atoms with E-state index in [0.29, 0.717) is 19.0 Å². The summed E-state index contributed by atoms with van der Waals surface area (Å²) in [4.78, 5) is 33.2. The monoisotopic (exact) mass is 558 g/mol. The Kier molecular flexibility index (Phi) is 8.29. The zero-order chi connectivity index (χ0) is 27.3. The molecule has 0 radical (unpaired) electrons. The number of ether oxygens (including phenoxy) is 2. The Morgan fingerprint density at radius 1 is 1.07 bits per heavy atom. The molecule has 10 heteroatoms. The second kappa shape index (κ2) is 12.4. The lowest BCUT2D eigenvalue weighted by molar-refractivity contribution is -0.121. The van der Waals surface area contributed by atoms with Gasteiger partial charge in [0, 0.05) is 66.7 Å². The highest BCUT2D eigenvalue weighted by Crippen LogP contribution is 2.38. The number of nitrogens with zero attached hydrogens (tertiary/aromatic N) is 5. The molecule has 0 bridgehead atoms. The van der Waals surface area contributed by atoms with E-state index in [1.807, 2.05) is 36.5 Å². The largest absolute Gasteiger partial charge is 0.383 e. The first-order chi connectivity index (χ1) is 19.7. The number of aromatic nitrogens is 3. The first kappa shape index (κ1) is 26.8. The molecule has 1 aromatic carbocycles. The third kappa shape index (κ3) is 6.00. The SMILES string of the molecule is COCCN1CCC(C(=O)Nc2cccc(-c3nc(N4CCOCC4)c4sc(-c5cccnc5)cc4n3)c2)CC1. The van der Waals surface area contributed by atoms with E-state index in [1.54, 1.807) is 24.6 Å². The number of anilines is 2. The minimum Gasteiger partial charge on any atom is -0.383 e. The van der Waals surface area contributed by atoms with Gasteiger partial charge >= 0.3 is 0 Å². The average molecular weight is 559 g/mol. The number of carbonyl (C=O) groups is 1. The van der Waals surface area contributed by atoms with E-state index in [2.05, 4.69) is 32.2 Å². The van der Waals surface area contributed by atoms with Gasteiger partial charge in [0.1, 0.15) is 0 Å². The van der Waals surface area contributed by atoms with Gasteiger partial charge in [0.25, 0.3) is 0 Å². The Balaban J connectivity index is 1.26. The Bertz CT molecular complexity index is 1450. The molecule has 2 fully saturated rings. The Morgan fingerprint density at radius 2 is 1.90 bits per heavy atom. The Hall–Kier alpha value is -3.44. The molecule has 0 atom stereocenters. The molecule has 1 N–H and O–H groups in total. The van der Waals surface area contributed by atoms with Gasteiger partial charge in [0.2, 0.25) is 5.91 Å². The predicted octanol–water partition coefficient (Wildman–Crippen LogP) is 4.55. The smallest absolute Gasteiger partial charge is 0.227 e.